The minimum atomic E-state index is 0.0621. The van der Waals surface area contributed by atoms with Gasteiger partial charge in [0.2, 0.25) is 5.91 Å². The van der Waals surface area contributed by atoms with Crippen LogP contribution in [0.4, 0.5) is 0 Å². The topological polar surface area (TPSA) is 83.1 Å². The van der Waals surface area contributed by atoms with Crippen LogP contribution in [0.2, 0.25) is 0 Å². The fourth-order valence-electron chi connectivity index (χ4n) is 2.28. The first kappa shape index (κ1) is 15.3. The standard InChI is InChI=1S/C12H21N5O2S/c1-9-6-17(7-10(2)19-9)8-11(18)13-3-4-20-12-5-14-16-15-12/h5,9-10H,3-4,6-8H2,1-2H3,(H,13,18)(H,14,15,16)/t9-,10+. The molecule has 1 amide bonds. The Bertz CT molecular complexity index is 404. The molecular weight excluding hydrogens is 278 g/mol. The summed E-state index contributed by atoms with van der Waals surface area (Å²) in [6.07, 6.45) is 2.05. The zero-order chi connectivity index (χ0) is 14.4. The number of ether oxygens (including phenoxy) is 1. The Labute approximate surface area is 122 Å². The highest BCUT2D eigenvalue weighted by Crippen LogP contribution is 2.11. The monoisotopic (exact) mass is 299 g/mol. The van der Waals surface area contributed by atoms with Gasteiger partial charge in [-0.15, -0.1) is 16.9 Å². The lowest BCUT2D eigenvalue weighted by Crippen LogP contribution is -2.49. The van der Waals surface area contributed by atoms with E-state index in [4.69, 9.17) is 4.74 Å². The molecule has 0 radical (unpaired) electrons. The van der Waals surface area contributed by atoms with E-state index in [1.807, 2.05) is 13.8 Å². The van der Waals surface area contributed by atoms with Crippen LogP contribution >= 0.6 is 11.8 Å². The number of thioether (sulfide) groups is 1. The first-order valence-electron chi connectivity index (χ1n) is 6.76. The Morgan fingerprint density at radius 1 is 1.55 bits per heavy atom. The molecule has 7 nitrogen and oxygen atoms in total. The van der Waals surface area contributed by atoms with Crippen LogP contribution in [0.1, 0.15) is 13.8 Å². The molecule has 8 heteroatoms. The molecule has 1 fully saturated rings. The van der Waals surface area contributed by atoms with Crippen molar-refractivity contribution in [1.82, 2.24) is 25.6 Å². The van der Waals surface area contributed by atoms with Crippen molar-refractivity contribution in [1.29, 1.82) is 0 Å². The number of nitrogens with one attached hydrogen (secondary N) is 2. The molecule has 2 heterocycles. The number of hydrogen-bond acceptors (Lipinski definition) is 6. The predicted molar refractivity (Wildman–Crippen MR) is 76.6 cm³/mol. The molecule has 2 atom stereocenters. The van der Waals surface area contributed by atoms with E-state index in [1.165, 1.54) is 0 Å². The number of nitrogens with zero attached hydrogens (tertiary/aromatic N) is 3. The van der Waals surface area contributed by atoms with Crippen molar-refractivity contribution in [3.63, 3.8) is 0 Å². The number of rotatable bonds is 6. The second kappa shape index (κ2) is 7.61. The van der Waals surface area contributed by atoms with E-state index in [9.17, 15) is 4.79 Å². The molecule has 0 unspecified atom stereocenters. The molecule has 2 rings (SSSR count). The van der Waals surface area contributed by atoms with Crippen LogP contribution in [-0.2, 0) is 9.53 Å². The lowest BCUT2D eigenvalue weighted by molar-refractivity contribution is -0.125. The average molecular weight is 299 g/mol. The van der Waals surface area contributed by atoms with Crippen LogP contribution in [0.15, 0.2) is 11.2 Å². The molecule has 20 heavy (non-hydrogen) atoms. The van der Waals surface area contributed by atoms with Gasteiger partial charge in [0.25, 0.3) is 0 Å². The van der Waals surface area contributed by atoms with Crippen molar-refractivity contribution >= 4 is 17.7 Å². The van der Waals surface area contributed by atoms with Gasteiger partial charge in [-0.2, -0.15) is 10.3 Å². The summed E-state index contributed by atoms with van der Waals surface area (Å²) in [5, 5.41) is 14.0. The summed E-state index contributed by atoms with van der Waals surface area (Å²) in [7, 11) is 0. The van der Waals surface area contributed by atoms with Crippen molar-refractivity contribution in [2.75, 3.05) is 31.9 Å². The first-order valence-corrected chi connectivity index (χ1v) is 7.75. The maximum atomic E-state index is 11.8. The molecule has 0 spiro atoms. The molecule has 2 N–H and O–H groups in total. The van der Waals surface area contributed by atoms with E-state index < -0.39 is 0 Å². The van der Waals surface area contributed by atoms with E-state index in [1.54, 1.807) is 18.0 Å². The average Bonchev–Trinajstić information content (AvgIpc) is 2.86. The fraction of sp³-hybridized carbons (Fsp3) is 0.750. The minimum Gasteiger partial charge on any atom is -0.373 e. The van der Waals surface area contributed by atoms with Gasteiger partial charge in [0.1, 0.15) is 5.03 Å². The highest BCUT2D eigenvalue weighted by Gasteiger charge is 2.23. The van der Waals surface area contributed by atoms with Crippen LogP contribution < -0.4 is 5.32 Å². The number of H-pyrrole nitrogens is 1. The van der Waals surface area contributed by atoms with Crippen LogP contribution in [0, 0.1) is 0 Å². The lowest BCUT2D eigenvalue weighted by Gasteiger charge is -2.34. The Morgan fingerprint density at radius 2 is 2.30 bits per heavy atom. The molecule has 1 aromatic heterocycles. The smallest absolute Gasteiger partial charge is 0.234 e. The van der Waals surface area contributed by atoms with E-state index in [-0.39, 0.29) is 18.1 Å². The molecule has 0 bridgehead atoms. The predicted octanol–water partition coefficient (Wildman–Crippen LogP) is 0.122. The third-order valence-electron chi connectivity index (χ3n) is 2.93. The number of carbonyl (C=O) groups is 1. The number of amides is 1. The third kappa shape index (κ3) is 5.10. The maximum absolute atomic E-state index is 11.8. The molecule has 0 aromatic carbocycles. The second-order valence-corrected chi connectivity index (χ2v) is 6.07. The van der Waals surface area contributed by atoms with Crippen LogP contribution in [0.5, 0.6) is 0 Å². The third-order valence-corrected chi connectivity index (χ3v) is 3.83. The van der Waals surface area contributed by atoms with Crippen molar-refractivity contribution in [3.05, 3.63) is 6.20 Å². The van der Waals surface area contributed by atoms with E-state index in [2.05, 4.69) is 25.6 Å². The van der Waals surface area contributed by atoms with Crippen molar-refractivity contribution in [2.24, 2.45) is 0 Å². The summed E-state index contributed by atoms with van der Waals surface area (Å²) in [4.78, 5) is 14.0. The van der Waals surface area contributed by atoms with Crippen LogP contribution in [0.25, 0.3) is 0 Å². The van der Waals surface area contributed by atoms with Crippen LogP contribution in [-0.4, -0.2) is 70.4 Å². The molecule has 1 aliphatic rings. The maximum Gasteiger partial charge on any atom is 0.234 e. The van der Waals surface area contributed by atoms with Gasteiger partial charge >= 0.3 is 0 Å². The fourth-order valence-corrected chi connectivity index (χ4v) is 2.93. The van der Waals surface area contributed by atoms with E-state index in [0.29, 0.717) is 13.1 Å². The highest BCUT2D eigenvalue weighted by atomic mass is 32.2. The lowest BCUT2D eigenvalue weighted by atomic mass is 10.2. The second-order valence-electron chi connectivity index (χ2n) is 4.96. The summed E-state index contributed by atoms with van der Waals surface area (Å²) in [6, 6.07) is 0. The molecular formula is C12H21N5O2S. The van der Waals surface area contributed by atoms with E-state index >= 15 is 0 Å². The molecule has 112 valence electrons. The van der Waals surface area contributed by atoms with Crippen molar-refractivity contribution in [3.8, 4) is 0 Å². The molecule has 0 saturated carbocycles. The highest BCUT2D eigenvalue weighted by molar-refractivity contribution is 7.99. The summed E-state index contributed by atoms with van der Waals surface area (Å²) in [5.74, 6) is 0.848. The Hall–Kier alpha value is -1.12. The summed E-state index contributed by atoms with van der Waals surface area (Å²) in [5.41, 5.74) is 0. The Balaban J connectivity index is 1.60. The number of hydrogen-bond donors (Lipinski definition) is 2. The molecule has 1 saturated heterocycles. The van der Waals surface area contributed by atoms with Gasteiger partial charge < -0.3 is 10.1 Å². The summed E-state index contributed by atoms with van der Waals surface area (Å²) < 4.78 is 5.65. The zero-order valence-electron chi connectivity index (χ0n) is 11.8. The van der Waals surface area contributed by atoms with Gasteiger partial charge in [0.15, 0.2) is 0 Å². The number of morpholine rings is 1. The molecule has 0 aliphatic carbocycles. The number of carbonyl (C=O) groups excluding carboxylic acids is 1. The largest absolute Gasteiger partial charge is 0.373 e. The summed E-state index contributed by atoms with van der Waals surface area (Å²) in [6.45, 7) is 6.76. The SMILES string of the molecule is C[C@@H]1CN(CC(=O)NCCSc2cn[nH]n2)C[C@H](C)O1. The van der Waals surface area contributed by atoms with E-state index in [0.717, 1.165) is 23.9 Å². The Morgan fingerprint density at radius 3 is 2.95 bits per heavy atom. The first-order chi connectivity index (χ1) is 9.63. The van der Waals surface area contributed by atoms with Gasteiger partial charge in [-0.05, 0) is 13.8 Å². The minimum absolute atomic E-state index is 0.0621. The number of aromatic nitrogens is 3. The zero-order valence-corrected chi connectivity index (χ0v) is 12.7. The van der Waals surface area contributed by atoms with Gasteiger partial charge in [0, 0.05) is 25.4 Å². The van der Waals surface area contributed by atoms with Gasteiger partial charge in [-0.1, -0.05) is 0 Å². The Kier molecular flexibility index (Phi) is 5.81. The number of aromatic amines is 1. The van der Waals surface area contributed by atoms with Crippen molar-refractivity contribution in [2.45, 2.75) is 31.1 Å². The van der Waals surface area contributed by atoms with Crippen LogP contribution in [0.3, 0.4) is 0 Å². The van der Waals surface area contributed by atoms with Gasteiger partial charge in [-0.3, -0.25) is 9.69 Å². The normalized spacial score (nSPS) is 23.7. The quantitative estimate of drug-likeness (QED) is 0.573. The van der Waals surface area contributed by atoms with Gasteiger partial charge in [-0.25, -0.2) is 0 Å². The summed E-state index contributed by atoms with van der Waals surface area (Å²) >= 11 is 1.56. The molecule has 1 aromatic rings. The molecule has 1 aliphatic heterocycles. The van der Waals surface area contributed by atoms with Crippen molar-refractivity contribution < 1.29 is 9.53 Å². The van der Waals surface area contributed by atoms with Gasteiger partial charge in [0.05, 0.1) is 24.9 Å².